The Kier molecular flexibility index (Phi) is 5.55. The molecule has 4 heterocycles. The summed E-state index contributed by atoms with van der Waals surface area (Å²) in [6, 6.07) is 3.44. The molecule has 2 saturated heterocycles. The molecule has 0 spiro atoms. The average molecular weight is 457 g/mol. The van der Waals surface area contributed by atoms with Crippen molar-refractivity contribution in [3.8, 4) is 11.4 Å². The van der Waals surface area contributed by atoms with Gasteiger partial charge < -0.3 is 14.2 Å². The molecule has 0 bridgehead atoms. The molecule has 3 aromatic rings. The minimum Gasteiger partial charge on any atom is -0.444 e. The van der Waals surface area contributed by atoms with E-state index in [9.17, 15) is 9.18 Å². The lowest BCUT2D eigenvalue weighted by Crippen LogP contribution is -2.47. The molecule has 1 unspecified atom stereocenters. The van der Waals surface area contributed by atoms with Crippen molar-refractivity contribution in [2.45, 2.75) is 57.6 Å². The molecule has 9 nitrogen and oxygen atoms in total. The first kappa shape index (κ1) is 21.8. The molecule has 1 amide bonds. The Bertz CT molecular complexity index is 1140. The van der Waals surface area contributed by atoms with Crippen LogP contribution in [0.15, 0.2) is 22.9 Å². The highest BCUT2D eigenvalue weighted by Gasteiger charge is 2.35. The smallest absolute Gasteiger partial charge is 0.410 e. The molecule has 10 heteroatoms. The van der Waals surface area contributed by atoms with Crippen LogP contribution < -0.4 is 0 Å². The summed E-state index contributed by atoms with van der Waals surface area (Å²) >= 11 is 0. The van der Waals surface area contributed by atoms with Gasteiger partial charge >= 0.3 is 6.09 Å². The molecule has 0 radical (unpaired) electrons. The van der Waals surface area contributed by atoms with Crippen molar-refractivity contribution < 1.29 is 18.4 Å². The number of hydrogen-bond acceptors (Lipinski definition) is 7. The zero-order chi connectivity index (χ0) is 23.2. The zero-order valence-corrected chi connectivity index (χ0v) is 19.2. The molecule has 33 heavy (non-hydrogen) atoms. The highest BCUT2D eigenvalue weighted by Crippen LogP contribution is 2.33. The molecule has 0 aliphatic carbocycles. The van der Waals surface area contributed by atoms with Gasteiger partial charge in [0.05, 0.1) is 23.2 Å². The predicted octanol–water partition coefficient (Wildman–Crippen LogP) is 3.94. The Morgan fingerprint density at radius 2 is 2.00 bits per heavy atom. The standard InChI is InChI=1S/C23H29FN6O3/c1-23(2,3)32-22(31)29-10-7-15(8-11-29)30-9-6-14(13-30)21-26-20(28-33-21)19-16-12-25-27-18(16)5-4-17(19)24/h4-5,12,14-15H,6-11,13H2,1-3H3,(H,25,27). The third kappa shape index (κ3) is 4.44. The van der Waals surface area contributed by atoms with E-state index >= 15 is 0 Å². The number of aromatic nitrogens is 4. The normalized spacial score (nSPS) is 20.6. The van der Waals surface area contributed by atoms with Gasteiger partial charge in [0, 0.05) is 31.1 Å². The fourth-order valence-corrected chi connectivity index (χ4v) is 4.78. The Balaban J connectivity index is 1.21. The summed E-state index contributed by atoms with van der Waals surface area (Å²) in [5, 5.41) is 11.5. The van der Waals surface area contributed by atoms with Crippen LogP contribution in [0.3, 0.4) is 0 Å². The summed E-state index contributed by atoms with van der Waals surface area (Å²) in [6.07, 6.45) is 4.07. The number of piperidine rings is 1. The first-order valence-electron chi connectivity index (χ1n) is 11.5. The Hall–Kier alpha value is -3.01. The van der Waals surface area contributed by atoms with E-state index in [4.69, 9.17) is 9.26 Å². The van der Waals surface area contributed by atoms with Gasteiger partial charge in [-0.15, -0.1) is 0 Å². The second kappa shape index (κ2) is 8.40. The molecular weight excluding hydrogens is 427 g/mol. The quantitative estimate of drug-likeness (QED) is 0.637. The van der Waals surface area contributed by atoms with Crippen molar-refractivity contribution in [2.75, 3.05) is 26.2 Å². The van der Waals surface area contributed by atoms with Crippen LogP contribution in [0.5, 0.6) is 0 Å². The second-order valence-electron chi connectivity index (χ2n) is 9.89. The van der Waals surface area contributed by atoms with E-state index in [1.807, 2.05) is 20.8 Å². The van der Waals surface area contributed by atoms with Crippen LogP contribution in [0.25, 0.3) is 22.3 Å². The average Bonchev–Trinajstić information content (AvgIpc) is 3.52. The number of benzene rings is 1. The largest absolute Gasteiger partial charge is 0.444 e. The Morgan fingerprint density at radius 1 is 1.21 bits per heavy atom. The number of nitrogens with one attached hydrogen (secondary N) is 1. The molecule has 0 saturated carbocycles. The van der Waals surface area contributed by atoms with E-state index < -0.39 is 11.4 Å². The van der Waals surface area contributed by atoms with E-state index in [1.165, 1.54) is 6.07 Å². The summed E-state index contributed by atoms with van der Waals surface area (Å²) in [7, 11) is 0. The molecular formula is C23H29FN6O3. The van der Waals surface area contributed by atoms with Gasteiger partial charge in [-0.05, 0) is 58.7 Å². The molecule has 1 atom stereocenters. The van der Waals surface area contributed by atoms with Crippen molar-refractivity contribution >= 4 is 17.0 Å². The van der Waals surface area contributed by atoms with Crippen LogP contribution in [0, 0.1) is 5.82 Å². The van der Waals surface area contributed by atoms with Crippen LogP contribution in [-0.4, -0.2) is 74.1 Å². The SMILES string of the molecule is CC(C)(C)OC(=O)N1CCC(N2CCC(c3nc(-c4c(F)ccc5[nH]ncc45)no3)C2)CC1. The van der Waals surface area contributed by atoms with Gasteiger partial charge in [0.1, 0.15) is 11.4 Å². The maximum Gasteiger partial charge on any atom is 0.410 e. The van der Waals surface area contributed by atoms with Crippen molar-refractivity contribution in [1.82, 2.24) is 30.1 Å². The van der Waals surface area contributed by atoms with Crippen LogP contribution in [0.2, 0.25) is 0 Å². The topological polar surface area (TPSA) is 100 Å². The lowest BCUT2D eigenvalue weighted by Gasteiger charge is -2.37. The van der Waals surface area contributed by atoms with E-state index in [-0.39, 0.29) is 17.8 Å². The van der Waals surface area contributed by atoms with Crippen LogP contribution in [-0.2, 0) is 4.74 Å². The zero-order valence-electron chi connectivity index (χ0n) is 19.2. The maximum atomic E-state index is 14.5. The summed E-state index contributed by atoms with van der Waals surface area (Å²) in [4.78, 5) is 21.1. The fourth-order valence-electron chi connectivity index (χ4n) is 4.78. The molecule has 176 valence electrons. The Morgan fingerprint density at radius 3 is 2.76 bits per heavy atom. The fraction of sp³-hybridized carbons (Fsp3) is 0.565. The number of amides is 1. The number of carbonyl (C=O) groups is 1. The number of aromatic amines is 1. The Labute approximate surface area is 191 Å². The number of halogens is 1. The molecule has 1 N–H and O–H groups in total. The number of H-pyrrole nitrogens is 1. The van der Waals surface area contributed by atoms with Gasteiger partial charge in [-0.2, -0.15) is 10.1 Å². The molecule has 2 fully saturated rings. The van der Waals surface area contributed by atoms with Gasteiger partial charge in [0.2, 0.25) is 11.7 Å². The summed E-state index contributed by atoms with van der Waals surface area (Å²) in [5.74, 6) is 0.500. The van der Waals surface area contributed by atoms with E-state index in [2.05, 4.69) is 25.2 Å². The minimum absolute atomic E-state index is 0.113. The number of carbonyl (C=O) groups excluding carboxylic acids is 1. The summed E-state index contributed by atoms with van der Waals surface area (Å²) in [6.45, 7) is 8.79. The van der Waals surface area contributed by atoms with Gasteiger partial charge in [0.25, 0.3) is 0 Å². The summed E-state index contributed by atoms with van der Waals surface area (Å²) in [5.41, 5.74) is 0.550. The summed E-state index contributed by atoms with van der Waals surface area (Å²) < 4.78 is 25.6. The van der Waals surface area contributed by atoms with Crippen LogP contribution >= 0.6 is 0 Å². The first-order valence-corrected chi connectivity index (χ1v) is 11.5. The number of ether oxygens (including phenoxy) is 1. The number of rotatable bonds is 3. The molecule has 1 aromatic carbocycles. The highest BCUT2D eigenvalue weighted by molar-refractivity contribution is 5.92. The first-order chi connectivity index (χ1) is 15.8. The number of nitrogens with zero attached hydrogens (tertiary/aromatic N) is 5. The van der Waals surface area contributed by atoms with E-state index in [0.717, 1.165) is 37.9 Å². The number of fused-ring (bicyclic) bond motifs is 1. The molecule has 2 aliphatic rings. The van der Waals surface area contributed by atoms with Gasteiger partial charge in [-0.3, -0.25) is 10.00 Å². The van der Waals surface area contributed by atoms with Crippen molar-refractivity contribution in [1.29, 1.82) is 0 Å². The maximum absolute atomic E-state index is 14.5. The molecule has 5 rings (SSSR count). The van der Waals surface area contributed by atoms with E-state index in [1.54, 1.807) is 17.2 Å². The van der Waals surface area contributed by atoms with Crippen molar-refractivity contribution in [2.24, 2.45) is 0 Å². The van der Waals surface area contributed by atoms with E-state index in [0.29, 0.717) is 36.0 Å². The van der Waals surface area contributed by atoms with Crippen molar-refractivity contribution in [3.05, 3.63) is 30.0 Å². The van der Waals surface area contributed by atoms with Gasteiger partial charge in [-0.1, -0.05) is 5.16 Å². The predicted molar refractivity (Wildman–Crippen MR) is 119 cm³/mol. The minimum atomic E-state index is -0.481. The molecule has 2 aliphatic heterocycles. The highest BCUT2D eigenvalue weighted by atomic mass is 19.1. The lowest BCUT2D eigenvalue weighted by molar-refractivity contribution is 0.0155. The van der Waals surface area contributed by atoms with Gasteiger partial charge in [0.15, 0.2) is 0 Å². The third-order valence-corrected chi connectivity index (χ3v) is 6.44. The van der Waals surface area contributed by atoms with Crippen LogP contribution in [0.1, 0.15) is 51.8 Å². The number of hydrogen-bond donors (Lipinski definition) is 1. The monoisotopic (exact) mass is 456 g/mol. The number of likely N-dealkylation sites (tertiary alicyclic amines) is 2. The third-order valence-electron chi connectivity index (χ3n) is 6.44. The van der Waals surface area contributed by atoms with Gasteiger partial charge in [-0.25, -0.2) is 9.18 Å². The molecule has 2 aromatic heterocycles. The lowest BCUT2D eigenvalue weighted by atomic mass is 10.0. The van der Waals surface area contributed by atoms with Crippen molar-refractivity contribution in [3.63, 3.8) is 0 Å². The second-order valence-corrected chi connectivity index (χ2v) is 9.89. The van der Waals surface area contributed by atoms with Crippen LogP contribution in [0.4, 0.5) is 9.18 Å².